The third-order valence-corrected chi connectivity index (χ3v) is 4.03. The van der Waals surface area contributed by atoms with Crippen molar-refractivity contribution < 1.29 is 19.1 Å². The number of rotatable bonds is 7. The summed E-state index contributed by atoms with van der Waals surface area (Å²) in [6, 6.07) is 16.1. The lowest BCUT2D eigenvalue weighted by molar-refractivity contribution is -0.153. The highest BCUT2D eigenvalue weighted by Crippen LogP contribution is 2.12. The van der Waals surface area contributed by atoms with Crippen molar-refractivity contribution >= 4 is 18.0 Å². The van der Waals surface area contributed by atoms with Crippen molar-refractivity contribution in [2.24, 2.45) is 0 Å². The summed E-state index contributed by atoms with van der Waals surface area (Å²) in [7, 11) is 3.18. The van der Waals surface area contributed by atoms with E-state index in [-0.39, 0.29) is 12.5 Å². The van der Waals surface area contributed by atoms with Gasteiger partial charge in [-0.15, -0.1) is 0 Å². The van der Waals surface area contributed by atoms with Crippen molar-refractivity contribution in [2.45, 2.75) is 19.6 Å². The summed E-state index contributed by atoms with van der Waals surface area (Å²) in [5.41, 5.74) is 1.77. The molecule has 26 heavy (non-hydrogen) atoms. The molecule has 0 spiro atoms. The number of likely N-dealkylation sites (N-methyl/N-ethyl adjacent to an activating group) is 1. The third kappa shape index (κ3) is 5.48. The number of nitrogens with zero attached hydrogens (tertiary/aromatic N) is 1. The molecule has 0 aliphatic heterocycles. The topological polar surface area (TPSA) is 55.8 Å². The SMILES string of the molecule is COc1ccc(C=CC(=O)N(C)[C@@H](C)C(=O)OCc2ccccc2)cc1. The van der Waals surface area contributed by atoms with Crippen LogP contribution in [0, 0.1) is 0 Å². The van der Waals surface area contributed by atoms with Crippen LogP contribution in [-0.2, 0) is 20.9 Å². The first-order valence-corrected chi connectivity index (χ1v) is 8.30. The number of methoxy groups -OCH3 is 1. The van der Waals surface area contributed by atoms with Gasteiger partial charge in [-0.25, -0.2) is 4.79 Å². The van der Waals surface area contributed by atoms with Gasteiger partial charge in [0.25, 0.3) is 0 Å². The lowest BCUT2D eigenvalue weighted by Gasteiger charge is -2.22. The number of amides is 1. The molecule has 1 amide bonds. The number of esters is 1. The van der Waals surface area contributed by atoms with E-state index in [2.05, 4.69) is 0 Å². The van der Waals surface area contributed by atoms with E-state index in [9.17, 15) is 9.59 Å². The molecule has 2 aromatic carbocycles. The Bertz CT molecular complexity index is 753. The number of hydrogen-bond acceptors (Lipinski definition) is 4. The lowest BCUT2D eigenvalue weighted by atomic mass is 10.2. The molecule has 0 N–H and O–H groups in total. The van der Waals surface area contributed by atoms with Gasteiger partial charge in [0.2, 0.25) is 5.91 Å². The number of ether oxygens (including phenoxy) is 2. The van der Waals surface area contributed by atoms with E-state index in [1.807, 2.05) is 54.6 Å². The molecule has 5 nitrogen and oxygen atoms in total. The summed E-state index contributed by atoms with van der Waals surface area (Å²) in [5.74, 6) is 0.0351. The van der Waals surface area contributed by atoms with Gasteiger partial charge in [-0.2, -0.15) is 0 Å². The van der Waals surface area contributed by atoms with Gasteiger partial charge < -0.3 is 14.4 Å². The Labute approximate surface area is 153 Å². The molecule has 0 fully saturated rings. The van der Waals surface area contributed by atoms with Crippen LogP contribution < -0.4 is 4.74 Å². The summed E-state index contributed by atoms with van der Waals surface area (Å²) >= 11 is 0. The first kappa shape index (κ1) is 19.2. The van der Waals surface area contributed by atoms with Crippen molar-refractivity contribution in [3.05, 3.63) is 71.8 Å². The van der Waals surface area contributed by atoms with Crippen LogP contribution in [0.2, 0.25) is 0 Å². The van der Waals surface area contributed by atoms with Crippen molar-refractivity contribution in [2.75, 3.05) is 14.2 Å². The standard InChI is InChI=1S/C21H23NO4/c1-16(21(24)26-15-18-7-5-4-6-8-18)22(2)20(23)14-11-17-9-12-19(25-3)13-10-17/h4-14,16H,15H2,1-3H3/t16-/m0/s1. The van der Waals surface area contributed by atoms with E-state index in [0.29, 0.717) is 0 Å². The average Bonchev–Trinajstić information content (AvgIpc) is 2.70. The highest BCUT2D eigenvalue weighted by atomic mass is 16.5. The minimum atomic E-state index is -0.674. The lowest BCUT2D eigenvalue weighted by Crippen LogP contribution is -2.40. The summed E-state index contributed by atoms with van der Waals surface area (Å²) in [6.07, 6.45) is 3.13. The number of carbonyl (C=O) groups is 2. The summed E-state index contributed by atoms with van der Waals surface area (Å²) in [4.78, 5) is 25.8. The third-order valence-electron chi connectivity index (χ3n) is 4.03. The van der Waals surface area contributed by atoms with Crippen LogP contribution in [-0.4, -0.2) is 37.0 Å². The fourth-order valence-electron chi connectivity index (χ4n) is 2.20. The van der Waals surface area contributed by atoms with Gasteiger partial charge in [0, 0.05) is 13.1 Å². The van der Waals surface area contributed by atoms with E-state index in [1.165, 1.54) is 11.0 Å². The van der Waals surface area contributed by atoms with Gasteiger partial charge >= 0.3 is 5.97 Å². The van der Waals surface area contributed by atoms with E-state index < -0.39 is 12.0 Å². The van der Waals surface area contributed by atoms with Crippen LogP contribution in [0.25, 0.3) is 6.08 Å². The first-order chi connectivity index (χ1) is 12.5. The molecule has 0 saturated carbocycles. The zero-order valence-electron chi connectivity index (χ0n) is 15.2. The molecular weight excluding hydrogens is 330 g/mol. The summed E-state index contributed by atoms with van der Waals surface area (Å²) < 4.78 is 10.4. The van der Waals surface area contributed by atoms with Crippen LogP contribution in [0.1, 0.15) is 18.1 Å². The molecule has 2 aromatic rings. The van der Waals surface area contributed by atoms with Gasteiger partial charge in [0.1, 0.15) is 18.4 Å². The van der Waals surface area contributed by atoms with E-state index in [1.54, 1.807) is 27.2 Å². The second kappa shape index (κ2) is 9.42. The Morgan fingerprint density at radius 1 is 1.08 bits per heavy atom. The molecule has 1 atom stereocenters. The highest BCUT2D eigenvalue weighted by molar-refractivity contribution is 5.94. The molecule has 0 heterocycles. The molecule has 0 aliphatic rings. The van der Waals surface area contributed by atoms with E-state index in [0.717, 1.165) is 16.9 Å². The minimum absolute atomic E-state index is 0.188. The molecule has 0 unspecified atom stereocenters. The predicted molar refractivity (Wildman–Crippen MR) is 100 cm³/mol. The number of hydrogen-bond donors (Lipinski definition) is 0. The monoisotopic (exact) mass is 353 g/mol. The Hall–Kier alpha value is -3.08. The maximum atomic E-state index is 12.3. The maximum absolute atomic E-state index is 12.3. The first-order valence-electron chi connectivity index (χ1n) is 8.30. The van der Waals surface area contributed by atoms with Crippen LogP contribution in [0.4, 0.5) is 0 Å². The van der Waals surface area contributed by atoms with Gasteiger partial charge in [-0.1, -0.05) is 42.5 Å². The number of carbonyl (C=O) groups excluding carboxylic acids is 2. The summed E-state index contributed by atoms with van der Waals surface area (Å²) in [5, 5.41) is 0. The summed E-state index contributed by atoms with van der Waals surface area (Å²) in [6.45, 7) is 1.83. The smallest absolute Gasteiger partial charge is 0.328 e. The van der Waals surface area contributed by atoms with Crippen molar-refractivity contribution in [1.29, 1.82) is 0 Å². The fourth-order valence-corrected chi connectivity index (χ4v) is 2.20. The van der Waals surface area contributed by atoms with Crippen LogP contribution in [0.15, 0.2) is 60.7 Å². The zero-order chi connectivity index (χ0) is 18.9. The van der Waals surface area contributed by atoms with Crippen LogP contribution in [0.5, 0.6) is 5.75 Å². The quantitative estimate of drug-likeness (QED) is 0.566. The largest absolute Gasteiger partial charge is 0.497 e. The molecule has 136 valence electrons. The van der Waals surface area contributed by atoms with Crippen LogP contribution in [0.3, 0.4) is 0 Å². The Morgan fingerprint density at radius 2 is 1.73 bits per heavy atom. The normalized spacial score (nSPS) is 11.8. The maximum Gasteiger partial charge on any atom is 0.328 e. The van der Waals surface area contributed by atoms with E-state index >= 15 is 0 Å². The Balaban J connectivity index is 1.88. The molecular formula is C21H23NO4. The predicted octanol–water partition coefficient (Wildman–Crippen LogP) is 3.30. The van der Waals surface area contributed by atoms with Crippen LogP contribution >= 0.6 is 0 Å². The molecule has 0 radical (unpaired) electrons. The van der Waals surface area contributed by atoms with Gasteiger partial charge in [-0.3, -0.25) is 4.79 Å². The van der Waals surface area contributed by atoms with Crippen molar-refractivity contribution in [1.82, 2.24) is 4.90 Å². The van der Waals surface area contributed by atoms with Crippen molar-refractivity contribution in [3.63, 3.8) is 0 Å². The fraction of sp³-hybridized carbons (Fsp3) is 0.238. The Morgan fingerprint density at radius 3 is 2.35 bits per heavy atom. The highest BCUT2D eigenvalue weighted by Gasteiger charge is 2.22. The van der Waals surface area contributed by atoms with E-state index in [4.69, 9.17) is 9.47 Å². The van der Waals surface area contributed by atoms with Gasteiger partial charge in [0.15, 0.2) is 0 Å². The molecule has 2 rings (SSSR count). The second-order valence-corrected chi connectivity index (χ2v) is 5.82. The molecule has 0 bridgehead atoms. The molecule has 0 aromatic heterocycles. The molecule has 5 heteroatoms. The van der Waals surface area contributed by atoms with Crippen molar-refractivity contribution in [3.8, 4) is 5.75 Å². The van der Waals surface area contributed by atoms with Gasteiger partial charge in [0.05, 0.1) is 7.11 Å². The molecule has 0 aliphatic carbocycles. The zero-order valence-corrected chi connectivity index (χ0v) is 15.2. The minimum Gasteiger partial charge on any atom is -0.497 e. The molecule has 0 saturated heterocycles. The Kier molecular flexibility index (Phi) is 6.97. The second-order valence-electron chi connectivity index (χ2n) is 5.82. The number of benzene rings is 2. The van der Waals surface area contributed by atoms with Gasteiger partial charge in [-0.05, 0) is 36.3 Å². The average molecular weight is 353 g/mol.